The molecule has 1 amide bonds. The summed E-state index contributed by atoms with van der Waals surface area (Å²) in [6, 6.07) is 10.5. The fourth-order valence-electron chi connectivity index (χ4n) is 3.09. The summed E-state index contributed by atoms with van der Waals surface area (Å²) in [7, 11) is 0. The lowest BCUT2D eigenvalue weighted by Gasteiger charge is -2.12. The van der Waals surface area contributed by atoms with Crippen molar-refractivity contribution >= 4 is 17.6 Å². The molecule has 0 aliphatic heterocycles. The van der Waals surface area contributed by atoms with Gasteiger partial charge in [0.05, 0.1) is 6.10 Å². The first-order valence-corrected chi connectivity index (χ1v) is 10.8. The number of pyridine rings is 1. The number of aromatic nitrogens is 2. The second-order valence-corrected chi connectivity index (χ2v) is 7.78. The summed E-state index contributed by atoms with van der Waals surface area (Å²) in [6.45, 7) is 6.39. The molecule has 1 aromatic carbocycles. The Bertz CT molecular complexity index is 1310. The van der Waals surface area contributed by atoms with E-state index in [1.807, 2.05) is 19.9 Å². The number of amides is 1. The lowest BCUT2D eigenvalue weighted by Crippen LogP contribution is -2.27. The molecule has 0 bridgehead atoms. The molecule has 9 heteroatoms. The van der Waals surface area contributed by atoms with Gasteiger partial charge in [0.15, 0.2) is 0 Å². The van der Waals surface area contributed by atoms with Gasteiger partial charge in [0.1, 0.15) is 34.4 Å². The van der Waals surface area contributed by atoms with E-state index in [4.69, 9.17) is 9.47 Å². The van der Waals surface area contributed by atoms with Crippen molar-refractivity contribution in [3.8, 4) is 17.7 Å². The number of ether oxygens (including phenoxy) is 2. The highest BCUT2D eigenvalue weighted by Crippen LogP contribution is 2.25. The molecule has 0 saturated carbocycles. The number of fused-ring (bicyclic) bond motifs is 1. The fraction of sp³-hybridized carbons (Fsp3) is 0.280. The first-order valence-electron chi connectivity index (χ1n) is 10.8. The Kier molecular flexibility index (Phi) is 8.11. The minimum absolute atomic E-state index is 0.0812. The van der Waals surface area contributed by atoms with Gasteiger partial charge in [-0.2, -0.15) is 10.2 Å². The highest BCUT2D eigenvalue weighted by molar-refractivity contribution is 6.01. The van der Waals surface area contributed by atoms with E-state index < -0.39 is 17.3 Å². The van der Waals surface area contributed by atoms with E-state index >= 15 is 0 Å². The molecule has 0 fully saturated rings. The Hall–Kier alpha value is -4.03. The molecule has 34 heavy (non-hydrogen) atoms. The smallest absolute Gasteiger partial charge is 0.269 e. The van der Waals surface area contributed by atoms with E-state index in [-0.39, 0.29) is 28.9 Å². The molecule has 0 radical (unpaired) electrons. The van der Waals surface area contributed by atoms with Crippen LogP contribution in [0.3, 0.4) is 0 Å². The van der Waals surface area contributed by atoms with Gasteiger partial charge in [-0.15, -0.1) is 0 Å². The van der Waals surface area contributed by atoms with Crippen molar-refractivity contribution in [3.63, 3.8) is 0 Å². The summed E-state index contributed by atoms with van der Waals surface area (Å²) in [6.07, 6.45) is 3.35. The normalized spacial score (nSPS) is 11.5. The molecule has 1 N–H and O–H groups in total. The molecule has 3 rings (SSSR count). The first-order chi connectivity index (χ1) is 16.3. The van der Waals surface area contributed by atoms with Crippen LogP contribution < -0.4 is 15.6 Å². The number of nitriles is 1. The quantitative estimate of drug-likeness (QED) is 0.294. The summed E-state index contributed by atoms with van der Waals surface area (Å²) < 4.78 is 25.8. The van der Waals surface area contributed by atoms with Crippen LogP contribution in [0.4, 0.5) is 4.39 Å². The van der Waals surface area contributed by atoms with Gasteiger partial charge in [0.25, 0.3) is 11.5 Å². The highest BCUT2D eigenvalue weighted by atomic mass is 19.1. The average Bonchev–Trinajstić information content (AvgIpc) is 2.80. The lowest BCUT2D eigenvalue weighted by molar-refractivity contribution is -0.117. The van der Waals surface area contributed by atoms with E-state index in [1.54, 1.807) is 19.1 Å². The maximum absolute atomic E-state index is 13.3. The minimum Gasteiger partial charge on any atom is -0.438 e. The second kappa shape index (κ2) is 11.2. The molecule has 0 unspecified atom stereocenters. The molecular formula is C25H25FN4O4. The van der Waals surface area contributed by atoms with Gasteiger partial charge in [-0.3, -0.25) is 14.0 Å². The summed E-state index contributed by atoms with van der Waals surface area (Å²) >= 11 is 0. The number of rotatable bonds is 9. The second-order valence-electron chi connectivity index (χ2n) is 7.78. The lowest BCUT2D eigenvalue weighted by atomic mass is 10.1. The minimum atomic E-state index is -0.631. The molecular weight excluding hydrogens is 439 g/mol. The van der Waals surface area contributed by atoms with Crippen LogP contribution in [0, 0.1) is 24.1 Å². The van der Waals surface area contributed by atoms with Crippen molar-refractivity contribution in [2.24, 2.45) is 0 Å². The van der Waals surface area contributed by atoms with Crippen LogP contribution in [0.5, 0.6) is 11.6 Å². The Morgan fingerprint density at radius 2 is 2.03 bits per heavy atom. The Balaban J connectivity index is 1.98. The highest BCUT2D eigenvalue weighted by Gasteiger charge is 2.18. The Morgan fingerprint density at radius 1 is 1.29 bits per heavy atom. The fourth-order valence-corrected chi connectivity index (χ4v) is 3.09. The van der Waals surface area contributed by atoms with Gasteiger partial charge in [-0.05, 0) is 69.2 Å². The number of hydrogen-bond donors (Lipinski definition) is 1. The SMILES string of the molecule is Cc1cccn2c(=O)c(/C=C(\C#N)C(=O)NCCCOC(C)C)c(Oc3ccc(F)cc3)nc12. The summed E-state index contributed by atoms with van der Waals surface area (Å²) in [5.74, 6) is -0.934. The molecule has 0 spiro atoms. The Labute approximate surface area is 196 Å². The summed E-state index contributed by atoms with van der Waals surface area (Å²) in [5, 5.41) is 12.2. The molecule has 176 valence electrons. The molecule has 2 heterocycles. The first kappa shape index (κ1) is 24.6. The predicted octanol–water partition coefficient (Wildman–Crippen LogP) is 3.77. The van der Waals surface area contributed by atoms with Crippen molar-refractivity contribution in [3.05, 3.63) is 75.5 Å². The Morgan fingerprint density at radius 3 is 2.71 bits per heavy atom. The van der Waals surface area contributed by atoms with Crippen LogP contribution in [0.25, 0.3) is 11.7 Å². The van der Waals surface area contributed by atoms with E-state index in [2.05, 4.69) is 10.3 Å². The van der Waals surface area contributed by atoms with E-state index in [1.165, 1.54) is 34.9 Å². The van der Waals surface area contributed by atoms with Crippen LogP contribution in [0.15, 0.2) is 53.0 Å². The predicted molar refractivity (Wildman–Crippen MR) is 125 cm³/mol. The van der Waals surface area contributed by atoms with Gasteiger partial charge >= 0.3 is 0 Å². The van der Waals surface area contributed by atoms with Crippen molar-refractivity contribution in [2.45, 2.75) is 33.3 Å². The monoisotopic (exact) mass is 464 g/mol. The number of nitrogens with zero attached hydrogens (tertiary/aromatic N) is 3. The number of hydrogen-bond acceptors (Lipinski definition) is 6. The van der Waals surface area contributed by atoms with E-state index in [0.717, 1.165) is 11.6 Å². The topological polar surface area (TPSA) is 106 Å². The maximum Gasteiger partial charge on any atom is 0.269 e. The standard InChI is InChI=1S/C25H25FN4O4/c1-16(2)33-13-5-11-28-23(31)18(15-27)14-21-24(34-20-9-7-19(26)8-10-20)29-22-17(3)6-4-12-30(22)25(21)32/h4,6-10,12,14,16H,5,11,13H2,1-3H3,(H,28,31)/b18-14+. The van der Waals surface area contributed by atoms with Gasteiger partial charge in [-0.1, -0.05) is 6.07 Å². The van der Waals surface area contributed by atoms with Gasteiger partial charge < -0.3 is 14.8 Å². The number of carbonyl (C=O) groups is 1. The molecule has 0 atom stereocenters. The average molecular weight is 464 g/mol. The molecule has 8 nitrogen and oxygen atoms in total. The molecule has 3 aromatic rings. The van der Waals surface area contributed by atoms with Gasteiger partial charge in [0.2, 0.25) is 5.88 Å². The van der Waals surface area contributed by atoms with Crippen LogP contribution in [-0.4, -0.2) is 34.5 Å². The molecule has 0 aliphatic rings. The number of aryl methyl sites for hydroxylation is 1. The zero-order valence-corrected chi connectivity index (χ0v) is 19.2. The summed E-state index contributed by atoms with van der Waals surface area (Å²) in [4.78, 5) is 30.3. The molecule has 2 aromatic heterocycles. The van der Waals surface area contributed by atoms with E-state index in [9.17, 15) is 19.2 Å². The summed E-state index contributed by atoms with van der Waals surface area (Å²) in [5.41, 5.74) is 0.204. The largest absolute Gasteiger partial charge is 0.438 e. The third-order valence-corrected chi connectivity index (χ3v) is 4.79. The van der Waals surface area contributed by atoms with E-state index in [0.29, 0.717) is 25.2 Å². The number of halogens is 1. The zero-order chi connectivity index (χ0) is 24.7. The van der Waals surface area contributed by atoms with Crippen LogP contribution in [0.2, 0.25) is 0 Å². The van der Waals surface area contributed by atoms with Gasteiger partial charge in [-0.25, -0.2) is 4.39 Å². The third kappa shape index (κ3) is 6.05. The third-order valence-electron chi connectivity index (χ3n) is 4.79. The number of benzene rings is 1. The number of carbonyl (C=O) groups excluding carboxylic acids is 1. The maximum atomic E-state index is 13.3. The van der Waals surface area contributed by atoms with Crippen LogP contribution >= 0.6 is 0 Å². The van der Waals surface area contributed by atoms with Crippen LogP contribution in [0.1, 0.15) is 31.4 Å². The zero-order valence-electron chi connectivity index (χ0n) is 19.2. The van der Waals surface area contributed by atoms with Gasteiger partial charge in [0, 0.05) is 19.3 Å². The molecule has 0 saturated heterocycles. The van der Waals surface area contributed by atoms with Crippen molar-refractivity contribution < 1.29 is 18.7 Å². The van der Waals surface area contributed by atoms with Crippen molar-refractivity contribution in [1.29, 1.82) is 5.26 Å². The van der Waals surface area contributed by atoms with Crippen molar-refractivity contribution in [2.75, 3.05) is 13.2 Å². The van der Waals surface area contributed by atoms with Crippen molar-refractivity contribution in [1.82, 2.24) is 14.7 Å². The molecule has 0 aliphatic carbocycles. The number of nitrogens with one attached hydrogen (secondary N) is 1. The van der Waals surface area contributed by atoms with Crippen LogP contribution in [-0.2, 0) is 9.53 Å².